The van der Waals surface area contributed by atoms with E-state index in [2.05, 4.69) is 10.3 Å². The summed E-state index contributed by atoms with van der Waals surface area (Å²) in [5.74, 6) is 0. The molecule has 0 radical (unpaired) electrons. The van der Waals surface area contributed by atoms with Crippen LogP contribution in [0.2, 0.25) is 0 Å². The van der Waals surface area contributed by atoms with Crippen LogP contribution in [0.4, 0.5) is 0 Å². The van der Waals surface area contributed by atoms with Gasteiger partial charge in [0.05, 0.1) is 30.3 Å². The van der Waals surface area contributed by atoms with Crippen molar-refractivity contribution in [3.63, 3.8) is 0 Å². The SMILES string of the molecule is CC1OCCC1(O)c1cnnn1-c1ccccc1. The summed E-state index contributed by atoms with van der Waals surface area (Å²) in [7, 11) is 0. The third-order valence-electron chi connectivity index (χ3n) is 3.52. The fraction of sp³-hybridized carbons (Fsp3) is 0.385. The van der Waals surface area contributed by atoms with E-state index in [1.165, 1.54) is 0 Å². The minimum Gasteiger partial charge on any atom is -0.381 e. The van der Waals surface area contributed by atoms with Crippen LogP contribution in [0, 0.1) is 0 Å². The predicted molar refractivity (Wildman–Crippen MR) is 65.3 cm³/mol. The second-order valence-corrected chi connectivity index (χ2v) is 4.55. The largest absolute Gasteiger partial charge is 0.381 e. The summed E-state index contributed by atoms with van der Waals surface area (Å²) in [6.45, 7) is 2.42. The average Bonchev–Trinajstić information content (AvgIpc) is 2.99. The van der Waals surface area contributed by atoms with E-state index in [9.17, 15) is 5.11 Å². The molecule has 1 aliphatic heterocycles. The second kappa shape index (κ2) is 4.19. The molecule has 3 rings (SSSR count). The Bertz CT molecular complexity index is 540. The van der Waals surface area contributed by atoms with Gasteiger partial charge < -0.3 is 9.84 Å². The molecule has 1 saturated heterocycles. The zero-order valence-corrected chi connectivity index (χ0v) is 10.2. The molecule has 1 N–H and O–H groups in total. The van der Waals surface area contributed by atoms with E-state index in [-0.39, 0.29) is 6.10 Å². The molecule has 1 fully saturated rings. The normalized spacial score (nSPS) is 27.6. The number of aliphatic hydroxyl groups is 1. The van der Waals surface area contributed by atoms with Crippen molar-refractivity contribution in [3.8, 4) is 5.69 Å². The van der Waals surface area contributed by atoms with E-state index in [1.807, 2.05) is 37.3 Å². The first-order chi connectivity index (χ1) is 8.72. The lowest BCUT2D eigenvalue weighted by molar-refractivity contribution is -0.0363. The molecule has 18 heavy (non-hydrogen) atoms. The second-order valence-electron chi connectivity index (χ2n) is 4.55. The molecule has 0 saturated carbocycles. The lowest BCUT2D eigenvalue weighted by Gasteiger charge is -2.26. The summed E-state index contributed by atoms with van der Waals surface area (Å²) in [6, 6.07) is 9.67. The lowest BCUT2D eigenvalue weighted by Crippen LogP contribution is -2.35. The molecule has 1 aromatic heterocycles. The quantitative estimate of drug-likeness (QED) is 0.865. The van der Waals surface area contributed by atoms with Gasteiger partial charge in [0.1, 0.15) is 5.60 Å². The Morgan fingerprint density at radius 3 is 2.83 bits per heavy atom. The van der Waals surface area contributed by atoms with Crippen molar-refractivity contribution in [2.45, 2.75) is 25.0 Å². The molecule has 94 valence electrons. The Balaban J connectivity index is 2.07. The number of para-hydroxylation sites is 1. The lowest BCUT2D eigenvalue weighted by atomic mass is 9.93. The van der Waals surface area contributed by atoms with E-state index < -0.39 is 5.60 Å². The number of hydrogen-bond acceptors (Lipinski definition) is 4. The van der Waals surface area contributed by atoms with Crippen LogP contribution in [0.1, 0.15) is 19.0 Å². The van der Waals surface area contributed by atoms with E-state index >= 15 is 0 Å². The van der Waals surface area contributed by atoms with Crippen LogP contribution in [0.3, 0.4) is 0 Å². The van der Waals surface area contributed by atoms with Crippen LogP contribution in [-0.2, 0) is 10.3 Å². The van der Waals surface area contributed by atoms with E-state index in [1.54, 1.807) is 10.9 Å². The van der Waals surface area contributed by atoms with Gasteiger partial charge >= 0.3 is 0 Å². The molecule has 0 bridgehead atoms. The zero-order valence-electron chi connectivity index (χ0n) is 10.2. The Kier molecular flexibility index (Phi) is 2.65. The molecule has 2 atom stereocenters. The highest BCUT2D eigenvalue weighted by Gasteiger charge is 2.44. The number of aromatic nitrogens is 3. The van der Waals surface area contributed by atoms with E-state index in [0.717, 1.165) is 5.69 Å². The number of hydrogen-bond donors (Lipinski definition) is 1. The molecule has 2 aromatic rings. The van der Waals surface area contributed by atoms with E-state index in [0.29, 0.717) is 18.7 Å². The molecule has 1 aromatic carbocycles. The number of rotatable bonds is 2. The fourth-order valence-electron chi connectivity index (χ4n) is 2.36. The third kappa shape index (κ3) is 1.63. The highest BCUT2D eigenvalue weighted by atomic mass is 16.5. The molecule has 1 aliphatic rings. The summed E-state index contributed by atoms with van der Waals surface area (Å²) < 4.78 is 7.14. The third-order valence-corrected chi connectivity index (χ3v) is 3.52. The maximum atomic E-state index is 10.7. The topological polar surface area (TPSA) is 60.2 Å². The molecule has 0 spiro atoms. The van der Waals surface area contributed by atoms with Gasteiger partial charge in [-0.25, -0.2) is 4.68 Å². The van der Waals surface area contributed by atoms with Crippen molar-refractivity contribution in [2.75, 3.05) is 6.61 Å². The average molecular weight is 245 g/mol. The summed E-state index contributed by atoms with van der Waals surface area (Å²) >= 11 is 0. The van der Waals surface area contributed by atoms with Crippen molar-refractivity contribution in [1.29, 1.82) is 0 Å². The minimum absolute atomic E-state index is 0.251. The molecular formula is C13H15N3O2. The molecule has 0 aliphatic carbocycles. The van der Waals surface area contributed by atoms with Gasteiger partial charge in [0.15, 0.2) is 0 Å². The fourth-order valence-corrected chi connectivity index (χ4v) is 2.36. The number of nitrogens with zero attached hydrogens (tertiary/aromatic N) is 3. The van der Waals surface area contributed by atoms with Crippen LogP contribution in [0.5, 0.6) is 0 Å². The van der Waals surface area contributed by atoms with Gasteiger partial charge in [-0.15, -0.1) is 5.10 Å². The van der Waals surface area contributed by atoms with Gasteiger partial charge in [-0.05, 0) is 19.1 Å². The van der Waals surface area contributed by atoms with Crippen LogP contribution >= 0.6 is 0 Å². The summed E-state index contributed by atoms with van der Waals surface area (Å²) in [5, 5.41) is 18.7. The summed E-state index contributed by atoms with van der Waals surface area (Å²) in [4.78, 5) is 0. The van der Waals surface area contributed by atoms with Crippen LogP contribution in [0.25, 0.3) is 5.69 Å². The first-order valence-corrected chi connectivity index (χ1v) is 6.02. The first kappa shape index (κ1) is 11.4. The zero-order chi connectivity index (χ0) is 12.6. The predicted octanol–water partition coefficient (Wildman–Crippen LogP) is 1.26. The van der Waals surface area contributed by atoms with Crippen molar-refractivity contribution in [2.24, 2.45) is 0 Å². The highest BCUT2D eigenvalue weighted by Crippen LogP contribution is 2.35. The maximum Gasteiger partial charge on any atom is 0.136 e. The Morgan fingerprint density at radius 2 is 2.17 bits per heavy atom. The van der Waals surface area contributed by atoms with Crippen molar-refractivity contribution >= 4 is 0 Å². The molecular weight excluding hydrogens is 230 g/mol. The minimum atomic E-state index is -1.01. The van der Waals surface area contributed by atoms with Gasteiger partial charge in [0.25, 0.3) is 0 Å². The number of benzene rings is 1. The van der Waals surface area contributed by atoms with Gasteiger partial charge in [-0.3, -0.25) is 0 Å². The van der Waals surface area contributed by atoms with Crippen molar-refractivity contribution in [1.82, 2.24) is 15.0 Å². The van der Waals surface area contributed by atoms with E-state index in [4.69, 9.17) is 4.74 Å². The monoisotopic (exact) mass is 245 g/mol. The summed E-state index contributed by atoms with van der Waals surface area (Å²) in [5.41, 5.74) is 0.551. The Hall–Kier alpha value is -1.72. The molecule has 2 unspecified atom stereocenters. The standard InChI is InChI=1S/C13H15N3O2/c1-10-13(17,7-8-18-10)12-9-14-15-16(12)11-5-3-2-4-6-11/h2-6,9-10,17H,7-8H2,1H3. The van der Waals surface area contributed by atoms with Crippen LogP contribution in [-0.4, -0.2) is 32.8 Å². The Labute approximate surface area is 105 Å². The highest BCUT2D eigenvalue weighted by molar-refractivity contribution is 5.33. The molecule has 5 heteroatoms. The first-order valence-electron chi connectivity index (χ1n) is 6.02. The van der Waals surface area contributed by atoms with Crippen LogP contribution in [0.15, 0.2) is 36.5 Å². The van der Waals surface area contributed by atoms with Gasteiger partial charge in [-0.2, -0.15) is 0 Å². The van der Waals surface area contributed by atoms with Gasteiger partial charge in [0, 0.05) is 6.42 Å². The summed E-state index contributed by atoms with van der Waals surface area (Å²) in [6.07, 6.45) is 1.92. The van der Waals surface area contributed by atoms with Gasteiger partial charge in [0.2, 0.25) is 0 Å². The maximum absolute atomic E-state index is 10.7. The van der Waals surface area contributed by atoms with Crippen molar-refractivity contribution in [3.05, 3.63) is 42.2 Å². The van der Waals surface area contributed by atoms with Gasteiger partial charge in [-0.1, -0.05) is 23.4 Å². The molecule has 2 heterocycles. The smallest absolute Gasteiger partial charge is 0.136 e. The molecule has 0 amide bonds. The molecule has 5 nitrogen and oxygen atoms in total. The number of ether oxygens (including phenoxy) is 1. The van der Waals surface area contributed by atoms with Crippen LogP contribution < -0.4 is 0 Å². The van der Waals surface area contributed by atoms with Crippen molar-refractivity contribution < 1.29 is 9.84 Å². The Morgan fingerprint density at radius 1 is 1.39 bits per heavy atom.